The van der Waals surface area contributed by atoms with Crippen LogP contribution in [-0.4, -0.2) is 4.98 Å². The van der Waals surface area contributed by atoms with Crippen LogP contribution in [0.15, 0.2) is 36.5 Å². The van der Waals surface area contributed by atoms with Crippen molar-refractivity contribution in [1.29, 1.82) is 0 Å². The highest BCUT2D eigenvalue weighted by molar-refractivity contribution is 5.66. The Kier molecular flexibility index (Phi) is 2.36. The lowest BCUT2D eigenvalue weighted by Crippen LogP contribution is -1.91. The maximum Gasteiger partial charge on any atom is 0.0702 e. The fraction of sp³-hybridized carbons (Fsp3) is 0.267. The second-order valence-electron chi connectivity index (χ2n) is 4.82. The molecule has 1 aliphatic rings. The van der Waals surface area contributed by atoms with Crippen LogP contribution < -0.4 is 5.73 Å². The summed E-state index contributed by atoms with van der Waals surface area (Å²) in [6, 6.07) is 10.4. The number of nitrogens with zero attached hydrogens (tertiary/aromatic N) is 1. The lowest BCUT2D eigenvalue weighted by molar-refractivity contribution is 1.10. The van der Waals surface area contributed by atoms with Gasteiger partial charge in [0.15, 0.2) is 0 Å². The summed E-state index contributed by atoms with van der Waals surface area (Å²) in [6.45, 7) is 2.02. The first-order valence-electron chi connectivity index (χ1n) is 6.06. The summed E-state index contributed by atoms with van der Waals surface area (Å²) in [5.41, 5.74) is 11.3. The highest BCUT2D eigenvalue weighted by atomic mass is 14.7. The predicted octanol–water partition coefficient (Wildman–Crippen LogP) is 3.52. The zero-order valence-electron chi connectivity index (χ0n) is 9.98. The van der Waals surface area contributed by atoms with Crippen LogP contribution in [0.3, 0.4) is 0 Å². The Morgan fingerprint density at radius 3 is 2.59 bits per heavy atom. The molecule has 3 rings (SSSR count). The Labute approximate surface area is 102 Å². The zero-order valence-corrected chi connectivity index (χ0v) is 9.98. The molecular weight excluding hydrogens is 208 g/mol. The summed E-state index contributed by atoms with van der Waals surface area (Å²) in [5.74, 6) is 0.764. The highest BCUT2D eigenvalue weighted by Crippen LogP contribution is 2.39. The monoisotopic (exact) mass is 224 g/mol. The summed E-state index contributed by atoms with van der Waals surface area (Å²) >= 11 is 0. The molecule has 1 aliphatic carbocycles. The van der Waals surface area contributed by atoms with E-state index in [2.05, 4.69) is 23.2 Å². The van der Waals surface area contributed by atoms with Gasteiger partial charge in [0.1, 0.15) is 0 Å². The third-order valence-corrected chi connectivity index (χ3v) is 3.41. The van der Waals surface area contributed by atoms with Gasteiger partial charge in [-0.1, -0.05) is 18.2 Å². The number of benzene rings is 1. The number of nitrogen functional groups attached to an aromatic ring is 1. The van der Waals surface area contributed by atoms with Gasteiger partial charge in [-0.05, 0) is 48.9 Å². The standard InChI is InChI=1S/C15H16N2/c1-10-2-3-12(8-14(10)16)15-7-6-13(9-17-15)11-4-5-11/h2-3,6-9,11H,4-5,16H2,1H3. The molecular formula is C15H16N2. The molecule has 1 aromatic heterocycles. The molecule has 0 bridgehead atoms. The van der Waals surface area contributed by atoms with Gasteiger partial charge in [-0.15, -0.1) is 0 Å². The number of aryl methyl sites for hydroxylation is 1. The van der Waals surface area contributed by atoms with Crippen molar-refractivity contribution in [1.82, 2.24) is 4.98 Å². The molecule has 2 aromatic rings. The first-order valence-corrected chi connectivity index (χ1v) is 6.06. The van der Waals surface area contributed by atoms with Gasteiger partial charge in [0.05, 0.1) is 5.69 Å². The van der Waals surface area contributed by atoms with Crippen molar-refractivity contribution < 1.29 is 0 Å². The van der Waals surface area contributed by atoms with E-state index in [4.69, 9.17) is 5.73 Å². The molecule has 1 fully saturated rings. The topological polar surface area (TPSA) is 38.9 Å². The van der Waals surface area contributed by atoms with E-state index in [0.717, 1.165) is 28.4 Å². The van der Waals surface area contributed by atoms with E-state index < -0.39 is 0 Å². The second kappa shape index (κ2) is 3.88. The Hall–Kier alpha value is -1.83. The van der Waals surface area contributed by atoms with Crippen molar-refractivity contribution in [2.45, 2.75) is 25.7 Å². The van der Waals surface area contributed by atoms with Gasteiger partial charge in [-0.25, -0.2) is 0 Å². The SMILES string of the molecule is Cc1ccc(-c2ccc(C3CC3)cn2)cc1N. The molecule has 0 spiro atoms. The van der Waals surface area contributed by atoms with Gasteiger partial charge < -0.3 is 5.73 Å². The summed E-state index contributed by atoms with van der Waals surface area (Å²) in [4.78, 5) is 4.53. The Balaban J connectivity index is 1.94. The quantitative estimate of drug-likeness (QED) is 0.793. The number of pyridine rings is 1. The summed E-state index contributed by atoms with van der Waals surface area (Å²) in [5, 5.41) is 0. The average molecular weight is 224 g/mol. The van der Waals surface area contributed by atoms with Crippen molar-refractivity contribution in [3.05, 3.63) is 47.7 Å². The van der Waals surface area contributed by atoms with Crippen molar-refractivity contribution in [3.8, 4) is 11.3 Å². The molecule has 17 heavy (non-hydrogen) atoms. The van der Waals surface area contributed by atoms with Gasteiger partial charge >= 0.3 is 0 Å². The fourth-order valence-electron chi connectivity index (χ4n) is 2.03. The van der Waals surface area contributed by atoms with Crippen LogP contribution in [0.4, 0.5) is 5.69 Å². The van der Waals surface area contributed by atoms with E-state index in [1.54, 1.807) is 0 Å². The largest absolute Gasteiger partial charge is 0.398 e. The predicted molar refractivity (Wildman–Crippen MR) is 70.8 cm³/mol. The van der Waals surface area contributed by atoms with Gasteiger partial charge in [0, 0.05) is 17.4 Å². The number of hydrogen-bond donors (Lipinski definition) is 1. The normalized spacial score (nSPS) is 14.9. The van der Waals surface area contributed by atoms with Gasteiger partial charge in [-0.3, -0.25) is 4.98 Å². The van der Waals surface area contributed by atoms with Crippen LogP contribution in [0.25, 0.3) is 11.3 Å². The molecule has 0 aliphatic heterocycles. The van der Waals surface area contributed by atoms with E-state index in [1.165, 1.54) is 18.4 Å². The fourth-order valence-corrected chi connectivity index (χ4v) is 2.03. The zero-order chi connectivity index (χ0) is 11.8. The minimum atomic E-state index is 0.764. The van der Waals surface area contributed by atoms with Gasteiger partial charge in [0.25, 0.3) is 0 Å². The van der Waals surface area contributed by atoms with E-state index >= 15 is 0 Å². The molecule has 0 atom stereocenters. The first kappa shape index (κ1) is 10.3. The Bertz CT molecular complexity index is 539. The van der Waals surface area contributed by atoms with Crippen molar-refractivity contribution >= 4 is 5.69 Å². The Morgan fingerprint density at radius 1 is 1.18 bits per heavy atom. The highest BCUT2D eigenvalue weighted by Gasteiger charge is 2.23. The molecule has 1 aromatic carbocycles. The maximum atomic E-state index is 5.92. The minimum Gasteiger partial charge on any atom is -0.398 e. The van der Waals surface area contributed by atoms with Gasteiger partial charge in [0.2, 0.25) is 0 Å². The number of nitrogens with two attached hydrogens (primary N) is 1. The maximum absolute atomic E-state index is 5.92. The third kappa shape index (κ3) is 2.03. The number of aromatic nitrogens is 1. The smallest absolute Gasteiger partial charge is 0.0702 e. The molecule has 2 nitrogen and oxygen atoms in total. The van der Waals surface area contributed by atoms with Crippen LogP contribution in [0.5, 0.6) is 0 Å². The van der Waals surface area contributed by atoms with Gasteiger partial charge in [-0.2, -0.15) is 0 Å². The average Bonchev–Trinajstić information content (AvgIpc) is 3.17. The Morgan fingerprint density at radius 2 is 2.00 bits per heavy atom. The van der Waals surface area contributed by atoms with E-state index in [9.17, 15) is 0 Å². The van der Waals surface area contributed by atoms with Crippen molar-refractivity contribution in [2.24, 2.45) is 0 Å². The molecule has 1 heterocycles. The summed E-state index contributed by atoms with van der Waals surface area (Å²) in [7, 11) is 0. The minimum absolute atomic E-state index is 0.764. The van der Waals surface area contributed by atoms with Crippen LogP contribution in [-0.2, 0) is 0 Å². The number of rotatable bonds is 2. The molecule has 0 unspecified atom stereocenters. The molecule has 0 amide bonds. The third-order valence-electron chi connectivity index (χ3n) is 3.41. The lowest BCUT2D eigenvalue weighted by atomic mass is 10.1. The lowest BCUT2D eigenvalue weighted by Gasteiger charge is -2.05. The molecule has 86 valence electrons. The summed E-state index contributed by atoms with van der Waals surface area (Å²) < 4.78 is 0. The second-order valence-corrected chi connectivity index (χ2v) is 4.82. The molecule has 0 radical (unpaired) electrons. The van der Waals surface area contributed by atoms with Crippen LogP contribution in [0.2, 0.25) is 0 Å². The van der Waals surface area contributed by atoms with E-state index in [0.29, 0.717) is 0 Å². The molecule has 0 saturated heterocycles. The number of hydrogen-bond acceptors (Lipinski definition) is 2. The number of anilines is 1. The van der Waals surface area contributed by atoms with Crippen LogP contribution >= 0.6 is 0 Å². The van der Waals surface area contributed by atoms with Crippen LogP contribution in [0, 0.1) is 6.92 Å². The molecule has 2 N–H and O–H groups in total. The van der Waals surface area contributed by atoms with E-state index in [1.807, 2.05) is 25.3 Å². The van der Waals surface area contributed by atoms with Crippen molar-refractivity contribution in [3.63, 3.8) is 0 Å². The van der Waals surface area contributed by atoms with Crippen LogP contribution in [0.1, 0.15) is 29.9 Å². The van der Waals surface area contributed by atoms with Crippen molar-refractivity contribution in [2.75, 3.05) is 5.73 Å². The summed E-state index contributed by atoms with van der Waals surface area (Å²) in [6.07, 6.45) is 4.64. The first-order chi connectivity index (χ1) is 8.24. The molecule has 1 saturated carbocycles. The van der Waals surface area contributed by atoms with E-state index in [-0.39, 0.29) is 0 Å². The molecule has 2 heteroatoms.